The summed E-state index contributed by atoms with van der Waals surface area (Å²) in [6.45, 7) is 2.15. The lowest BCUT2D eigenvalue weighted by molar-refractivity contribution is -0.384. The van der Waals surface area contributed by atoms with Gasteiger partial charge in [-0.3, -0.25) is 19.7 Å². The summed E-state index contributed by atoms with van der Waals surface area (Å²) in [5.41, 5.74) is -0.180. The number of hydrogen-bond acceptors (Lipinski definition) is 4. The van der Waals surface area contributed by atoms with Gasteiger partial charge in [-0.15, -0.1) is 0 Å². The maximum atomic E-state index is 12.3. The Morgan fingerprint density at radius 1 is 1.38 bits per heavy atom. The third kappa shape index (κ3) is 3.13. The molecule has 0 bridgehead atoms. The van der Waals surface area contributed by atoms with Crippen LogP contribution < -0.4 is 0 Å². The fraction of sp³-hybridized carbons (Fsp3) is 0.385. The molecule has 1 fully saturated rings. The lowest BCUT2D eigenvalue weighted by atomic mass is 9.99. The predicted octanol–water partition coefficient (Wildman–Crippen LogP) is 2.04. The minimum atomic E-state index is -0.949. The van der Waals surface area contributed by atoms with Crippen molar-refractivity contribution in [2.75, 3.05) is 13.1 Å². The molecule has 1 aromatic carbocycles. The molecular formula is C13H13ClN2O5. The van der Waals surface area contributed by atoms with Crippen LogP contribution in [0.5, 0.6) is 0 Å². The van der Waals surface area contributed by atoms with E-state index in [2.05, 4.69) is 0 Å². The van der Waals surface area contributed by atoms with Crippen LogP contribution in [-0.2, 0) is 4.79 Å². The smallest absolute Gasteiger partial charge is 0.308 e. The van der Waals surface area contributed by atoms with Gasteiger partial charge < -0.3 is 10.0 Å². The fourth-order valence-corrected chi connectivity index (χ4v) is 2.67. The van der Waals surface area contributed by atoms with E-state index in [0.29, 0.717) is 6.54 Å². The number of nitro benzene ring substituents is 1. The highest BCUT2D eigenvalue weighted by Crippen LogP contribution is 2.27. The Morgan fingerprint density at radius 2 is 2.05 bits per heavy atom. The number of carboxylic acid groups (broad SMARTS) is 1. The third-order valence-electron chi connectivity index (χ3n) is 3.56. The van der Waals surface area contributed by atoms with Crippen LogP contribution >= 0.6 is 11.6 Å². The summed E-state index contributed by atoms with van der Waals surface area (Å²) in [5, 5.41) is 19.9. The maximum Gasteiger partial charge on any atom is 0.308 e. The van der Waals surface area contributed by atoms with E-state index in [1.165, 1.54) is 11.0 Å². The topological polar surface area (TPSA) is 101 Å². The highest BCUT2D eigenvalue weighted by atomic mass is 35.5. The summed E-state index contributed by atoms with van der Waals surface area (Å²) in [6, 6.07) is 3.65. The number of aliphatic carboxylic acids is 1. The predicted molar refractivity (Wildman–Crippen MR) is 74.3 cm³/mol. The zero-order chi connectivity index (χ0) is 15.7. The van der Waals surface area contributed by atoms with E-state index in [-0.39, 0.29) is 28.7 Å². The number of rotatable bonds is 3. The lowest BCUT2D eigenvalue weighted by Gasteiger charge is -2.16. The normalized spacial score (nSPS) is 21.3. The molecule has 2 atom stereocenters. The first-order valence-electron chi connectivity index (χ1n) is 6.26. The van der Waals surface area contributed by atoms with E-state index in [1.807, 2.05) is 0 Å². The molecule has 1 saturated heterocycles. The Bertz CT molecular complexity index is 619. The molecule has 0 aromatic heterocycles. The second-order valence-electron chi connectivity index (χ2n) is 5.09. The van der Waals surface area contributed by atoms with Crippen molar-refractivity contribution in [1.29, 1.82) is 0 Å². The van der Waals surface area contributed by atoms with Crippen molar-refractivity contribution in [3.63, 3.8) is 0 Å². The highest BCUT2D eigenvalue weighted by molar-refractivity contribution is 6.31. The summed E-state index contributed by atoms with van der Waals surface area (Å²) >= 11 is 5.78. The van der Waals surface area contributed by atoms with Crippen molar-refractivity contribution in [1.82, 2.24) is 4.90 Å². The van der Waals surface area contributed by atoms with Gasteiger partial charge in [-0.2, -0.15) is 0 Å². The Balaban J connectivity index is 2.25. The molecule has 112 valence electrons. The summed E-state index contributed by atoms with van der Waals surface area (Å²) in [6.07, 6.45) is 0. The number of hydrogen-bond donors (Lipinski definition) is 1. The number of benzene rings is 1. The van der Waals surface area contributed by atoms with Gasteiger partial charge in [0.25, 0.3) is 11.6 Å². The molecule has 1 aromatic rings. The molecule has 1 N–H and O–H groups in total. The largest absolute Gasteiger partial charge is 0.481 e. The van der Waals surface area contributed by atoms with Crippen LogP contribution in [0.1, 0.15) is 17.3 Å². The van der Waals surface area contributed by atoms with Gasteiger partial charge in [0.15, 0.2) is 0 Å². The van der Waals surface area contributed by atoms with E-state index >= 15 is 0 Å². The molecule has 2 rings (SSSR count). The Kier molecular flexibility index (Phi) is 4.13. The van der Waals surface area contributed by atoms with Crippen LogP contribution in [0.2, 0.25) is 5.02 Å². The maximum absolute atomic E-state index is 12.3. The monoisotopic (exact) mass is 312 g/mol. The molecule has 7 nitrogen and oxygen atoms in total. The van der Waals surface area contributed by atoms with E-state index in [0.717, 1.165) is 12.1 Å². The number of non-ortho nitro benzene ring substituents is 1. The molecular weight excluding hydrogens is 300 g/mol. The average Bonchev–Trinajstić information content (AvgIpc) is 2.79. The van der Waals surface area contributed by atoms with Gasteiger partial charge in [0, 0.05) is 35.8 Å². The van der Waals surface area contributed by atoms with Crippen LogP contribution in [0.25, 0.3) is 0 Å². The second-order valence-corrected chi connectivity index (χ2v) is 5.52. The van der Waals surface area contributed by atoms with Crippen LogP contribution in [0.15, 0.2) is 18.2 Å². The van der Waals surface area contributed by atoms with Gasteiger partial charge in [0.1, 0.15) is 0 Å². The van der Waals surface area contributed by atoms with Crippen LogP contribution in [0.3, 0.4) is 0 Å². The fourth-order valence-electron chi connectivity index (χ4n) is 2.44. The third-order valence-corrected chi connectivity index (χ3v) is 3.78. The van der Waals surface area contributed by atoms with E-state index in [4.69, 9.17) is 16.7 Å². The van der Waals surface area contributed by atoms with Crippen LogP contribution in [-0.4, -0.2) is 39.9 Å². The average molecular weight is 313 g/mol. The van der Waals surface area contributed by atoms with Crippen LogP contribution in [0.4, 0.5) is 5.69 Å². The lowest BCUT2D eigenvalue weighted by Crippen LogP contribution is -2.30. The first-order valence-corrected chi connectivity index (χ1v) is 6.64. The molecule has 8 heteroatoms. The minimum Gasteiger partial charge on any atom is -0.481 e. The molecule has 0 spiro atoms. The van der Waals surface area contributed by atoms with Gasteiger partial charge in [0.05, 0.1) is 10.8 Å². The summed E-state index contributed by atoms with van der Waals surface area (Å²) < 4.78 is 0. The van der Waals surface area contributed by atoms with Crippen molar-refractivity contribution < 1.29 is 19.6 Å². The van der Waals surface area contributed by atoms with Gasteiger partial charge in [0.2, 0.25) is 0 Å². The van der Waals surface area contributed by atoms with Gasteiger partial charge >= 0.3 is 5.97 Å². The number of nitrogens with zero attached hydrogens (tertiary/aromatic N) is 2. The number of nitro groups is 1. The first kappa shape index (κ1) is 15.2. The molecule has 1 heterocycles. The highest BCUT2D eigenvalue weighted by Gasteiger charge is 2.37. The second kappa shape index (κ2) is 5.69. The van der Waals surface area contributed by atoms with Crippen molar-refractivity contribution in [2.24, 2.45) is 11.8 Å². The first-order chi connectivity index (χ1) is 9.79. The number of likely N-dealkylation sites (tertiary alicyclic amines) is 1. The molecule has 0 saturated carbocycles. The van der Waals surface area contributed by atoms with Gasteiger partial charge in [-0.1, -0.05) is 18.5 Å². The molecule has 1 aliphatic heterocycles. The van der Waals surface area contributed by atoms with Gasteiger partial charge in [-0.25, -0.2) is 0 Å². The van der Waals surface area contributed by atoms with E-state index in [1.54, 1.807) is 6.92 Å². The summed E-state index contributed by atoms with van der Waals surface area (Å²) in [4.78, 5) is 35.0. The Labute approximate surface area is 125 Å². The zero-order valence-corrected chi connectivity index (χ0v) is 11.9. The van der Waals surface area contributed by atoms with Crippen LogP contribution in [0, 0.1) is 22.0 Å². The zero-order valence-electron chi connectivity index (χ0n) is 11.2. The molecule has 0 aliphatic carbocycles. The quantitative estimate of drug-likeness (QED) is 0.680. The summed E-state index contributed by atoms with van der Waals surface area (Å²) in [7, 11) is 0. The van der Waals surface area contributed by atoms with Crippen molar-refractivity contribution in [3.05, 3.63) is 38.9 Å². The Morgan fingerprint density at radius 3 is 2.57 bits per heavy atom. The van der Waals surface area contributed by atoms with Crippen molar-refractivity contribution in [3.8, 4) is 0 Å². The number of amides is 1. The van der Waals surface area contributed by atoms with E-state index in [9.17, 15) is 19.7 Å². The van der Waals surface area contributed by atoms with Gasteiger partial charge in [-0.05, 0) is 12.0 Å². The number of halogens is 1. The van der Waals surface area contributed by atoms with E-state index < -0.39 is 22.7 Å². The minimum absolute atomic E-state index is 0.0902. The number of carbonyl (C=O) groups excluding carboxylic acids is 1. The molecule has 1 aliphatic rings. The molecule has 1 amide bonds. The SMILES string of the molecule is C[C@@H]1CN(C(=O)c2cc(Cl)cc([N+](=O)[O-])c2)C[C@H]1C(=O)O. The standard InChI is InChI=1S/C13H13ClN2O5/c1-7-5-15(6-11(7)13(18)19)12(17)8-2-9(14)4-10(3-8)16(20)21/h2-4,7,11H,5-6H2,1H3,(H,18,19)/t7-,11-/m1/s1. The molecule has 0 radical (unpaired) electrons. The molecule has 0 unspecified atom stereocenters. The molecule has 21 heavy (non-hydrogen) atoms. The Hall–Kier alpha value is -2.15. The van der Waals surface area contributed by atoms with Crippen molar-refractivity contribution in [2.45, 2.75) is 6.92 Å². The number of carbonyl (C=O) groups is 2. The summed E-state index contributed by atoms with van der Waals surface area (Å²) in [5.74, 6) is -2.19. The number of carboxylic acids is 1. The van der Waals surface area contributed by atoms with Crippen molar-refractivity contribution >= 4 is 29.2 Å².